The van der Waals surface area contributed by atoms with Gasteiger partial charge in [-0.2, -0.15) is 0 Å². The number of carbonyl (C=O) groups excluding carboxylic acids is 1. The molecule has 1 amide bonds. The Hall–Kier alpha value is -1.06. The van der Waals surface area contributed by atoms with Crippen LogP contribution in [0.3, 0.4) is 0 Å². The highest BCUT2D eigenvalue weighted by molar-refractivity contribution is 6.33. The maximum atomic E-state index is 12.0. The van der Waals surface area contributed by atoms with Crippen LogP contribution in [0.2, 0.25) is 5.02 Å². The first-order valence-corrected chi connectivity index (χ1v) is 6.71. The van der Waals surface area contributed by atoms with Crippen molar-refractivity contribution in [2.24, 2.45) is 5.73 Å². The summed E-state index contributed by atoms with van der Waals surface area (Å²) in [6.07, 6.45) is 4.48. The van der Waals surface area contributed by atoms with Crippen LogP contribution >= 0.6 is 11.6 Å². The molecular weight excluding hydrogens is 248 g/mol. The first-order valence-electron chi connectivity index (χ1n) is 6.33. The van der Waals surface area contributed by atoms with Crippen LogP contribution in [0.4, 0.5) is 5.69 Å². The summed E-state index contributed by atoms with van der Waals surface area (Å²) < 4.78 is 0. The number of nitrogens with one attached hydrogen (secondary N) is 1. The molecule has 2 rings (SSSR count). The number of hydrogen-bond acceptors (Lipinski definition) is 2. The van der Waals surface area contributed by atoms with Gasteiger partial charge >= 0.3 is 0 Å². The lowest BCUT2D eigenvalue weighted by molar-refractivity contribution is -0.117. The number of carbonyl (C=O) groups is 1. The van der Waals surface area contributed by atoms with Crippen LogP contribution in [-0.2, 0) is 4.79 Å². The molecule has 3 N–H and O–H groups in total. The van der Waals surface area contributed by atoms with Crippen LogP contribution in [0.1, 0.15) is 37.7 Å². The molecule has 4 heteroatoms. The molecule has 0 atom stereocenters. The minimum Gasteiger partial charge on any atom is -0.325 e. The molecule has 18 heavy (non-hydrogen) atoms. The summed E-state index contributed by atoms with van der Waals surface area (Å²) in [5, 5.41) is 3.41. The van der Waals surface area contributed by atoms with Gasteiger partial charge in [0.25, 0.3) is 0 Å². The first-order chi connectivity index (χ1) is 8.48. The van der Waals surface area contributed by atoms with Gasteiger partial charge in [0.1, 0.15) is 0 Å². The van der Waals surface area contributed by atoms with E-state index in [4.69, 9.17) is 17.3 Å². The lowest BCUT2D eigenvalue weighted by Gasteiger charge is -2.22. The van der Waals surface area contributed by atoms with Crippen molar-refractivity contribution in [1.82, 2.24) is 0 Å². The van der Waals surface area contributed by atoms with E-state index < -0.39 is 0 Å². The Labute approximate surface area is 113 Å². The van der Waals surface area contributed by atoms with Crippen LogP contribution in [-0.4, -0.2) is 11.4 Å². The van der Waals surface area contributed by atoms with E-state index in [9.17, 15) is 4.79 Å². The number of hydrogen-bond donors (Lipinski definition) is 2. The molecule has 1 aliphatic rings. The maximum absolute atomic E-state index is 12.0. The van der Waals surface area contributed by atoms with Gasteiger partial charge in [-0.3, -0.25) is 4.79 Å². The zero-order valence-corrected chi connectivity index (χ0v) is 11.4. The summed E-state index contributed by atoms with van der Waals surface area (Å²) in [5.74, 6) is -0.0492. The average molecular weight is 267 g/mol. The fourth-order valence-corrected chi connectivity index (χ4v) is 2.67. The molecule has 0 aliphatic heterocycles. The molecule has 1 saturated carbocycles. The van der Waals surface area contributed by atoms with Gasteiger partial charge in [-0.15, -0.1) is 0 Å². The molecule has 0 unspecified atom stereocenters. The number of benzene rings is 1. The average Bonchev–Trinajstić information content (AvgIpc) is 2.70. The van der Waals surface area contributed by atoms with Gasteiger partial charge < -0.3 is 11.1 Å². The Balaban J connectivity index is 2.00. The van der Waals surface area contributed by atoms with E-state index >= 15 is 0 Å². The Bertz CT molecular complexity index is 453. The van der Waals surface area contributed by atoms with Crippen LogP contribution in [0, 0.1) is 6.92 Å². The highest BCUT2D eigenvalue weighted by Gasteiger charge is 2.31. The summed E-state index contributed by atoms with van der Waals surface area (Å²) in [7, 11) is 0. The fourth-order valence-electron chi connectivity index (χ4n) is 2.50. The number of nitrogens with two attached hydrogens (primary N) is 1. The Morgan fingerprint density at radius 2 is 2.11 bits per heavy atom. The van der Waals surface area contributed by atoms with Gasteiger partial charge in [0.05, 0.1) is 10.7 Å². The normalized spacial score (nSPS) is 17.7. The smallest absolute Gasteiger partial charge is 0.226 e. The Morgan fingerprint density at radius 3 is 2.78 bits per heavy atom. The van der Waals surface area contributed by atoms with Gasteiger partial charge in [0.15, 0.2) is 0 Å². The molecule has 0 heterocycles. The van der Waals surface area contributed by atoms with E-state index in [0.717, 1.165) is 31.2 Å². The molecule has 98 valence electrons. The molecule has 0 saturated heterocycles. The van der Waals surface area contributed by atoms with Gasteiger partial charge in [0.2, 0.25) is 5.91 Å². The third kappa shape index (κ3) is 3.24. The van der Waals surface area contributed by atoms with E-state index in [1.54, 1.807) is 6.07 Å². The molecule has 1 aromatic carbocycles. The molecule has 0 radical (unpaired) electrons. The Kier molecular flexibility index (Phi) is 3.93. The molecular formula is C14H19ClN2O. The van der Waals surface area contributed by atoms with Gasteiger partial charge in [-0.25, -0.2) is 0 Å². The Morgan fingerprint density at radius 1 is 1.44 bits per heavy atom. The second kappa shape index (κ2) is 5.29. The molecule has 1 aliphatic carbocycles. The summed E-state index contributed by atoms with van der Waals surface area (Å²) in [6, 6.07) is 5.58. The quantitative estimate of drug-likeness (QED) is 0.882. The third-order valence-corrected chi connectivity index (χ3v) is 3.84. The second-order valence-electron chi connectivity index (χ2n) is 5.28. The van der Waals surface area contributed by atoms with E-state index in [0.29, 0.717) is 17.1 Å². The third-order valence-electron chi connectivity index (χ3n) is 3.51. The summed E-state index contributed by atoms with van der Waals surface area (Å²) in [6.45, 7) is 1.97. The van der Waals surface area contributed by atoms with Gasteiger partial charge in [-0.05, 0) is 37.5 Å². The predicted octanol–water partition coefficient (Wildman–Crippen LogP) is 3.25. The fraction of sp³-hybridized carbons (Fsp3) is 0.500. The van der Waals surface area contributed by atoms with E-state index in [2.05, 4.69) is 5.32 Å². The highest BCUT2D eigenvalue weighted by Crippen LogP contribution is 2.31. The number of anilines is 1. The zero-order chi connectivity index (χ0) is 13.2. The standard InChI is InChI=1S/C14H19ClN2O/c1-10-4-5-11(15)12(8-10)17-13(18)9-14(16)6-2-3-7-14/h4-5,8H,2-3,6-7,9,16H2,1H3,(H,17,18). The number of rotatable bonds is 3. The minimum atomic E-state index is -0.319. The van der Waals surface area contributed by atoms with Crippen molar-refractivity contribution in [3.8, 4) is 0 Å². The zero-order valence-electron chi connectivity index (χ0n) is 10.6. The molecule has 1 fully saturated rings. The molecule has 0 spiro atoms. The van der Waals surface area contributed by atoms with E-state index in [1.807, 2.05) is 19.1 Å². The van der Waals surface area contributed by atoms with Crippen molar-refractivity contribution < 1.29 is 4.79 Å². The molecule has 0 bridgehead atoms. The second-order valence-corrected chi connectivity index (χ2v) is 5.68. The largest absolute Gasteiger partial charge is 0.325 e. The molecule has 0 aromatic heterocycles. The van der Waals surface area contributed by atoms with Crippen molar-refractivity contribution in [1.29, 1.82) is 0 Å². The van der Waals surface area contributed by atoms with Gasteiger partial charge in [-0.1, -0.05) is 30.5 Å². The van der Waals surface area contributed by atoms with E-state index in [1.165, 1.54) is 0 Å². The van der Waals surface area contributed by atoms with Crippen LogP contribution in [0.15, 0.2) is 18.2 Å². The van der Waals surface area contributed by atoms with Crippen LogP contribution in [0.5, 0.6) is 0 Å². The summed E-state index contributed by atoms with van der Waals surface area (Å²) >= 11 is 6.05. The van der Waals surface area contributed by atoms with E-state index in [-0.39, 0.29) is 11.4 Å². The number of halogens is 1. The first kappa shape index (κ1) is 13.4. The highest BCUT2D eigenvalue weighted by atomic mass is 35.5. The monoisotopic (exact) mass is 266 g/mol. The number of aryl methyl sites for hydroxylation is 1. The molecule has 1 aromatic rings. The lowest BCUT2D eigenvalue weighted by Crippen LogP contribution is -2.40. The topological polar surface area (TPSA) is 55.1 Å². The molecule has 3 nitrogen and oxygen atoms in total. The summed E-state index contributed by atoms with van der Waals surface area (Å²) in [5.41, 5.74) is 7.61. The predicted molar refractivity (Wildman–Crippen MR) is 74.8 cm³/mol. The number of amides is 1. The van der Waals surface area contributed by atoms with Crippen molar-refractivity contribution in [2.45, 2.75) is 44.6 Å². The van der Waals surface area contributed by atoms with Crippen LogP contribution < -0.4 is 11.1 Å². The van der Waals surface area contributed by atoms with Crippen molar-refractivity contribution in [3.63, 3.8) is 0 Å². The lowest BCUT2D eigenvalue weighted by atomic mass is 9.94. The SMILES string of the molecule is Cc1ccc(Cl)c(NC(=O)CC2(N)CCCC2)c1. The summed E-state index contributed by atoms with van der Waals surface area (Å²) in [4.78, 5) is 12.0. The van der Waals surface area contributed by atoms with Crippen molar-refractivity contribution >= 4 is 23.2 Å². The van der Waals surface area contributed by atoms with Crippen molar-refractivity contribution in [3.05, 3.63) is 28.8 Å². The minimum absolute atomic E-state index is 0.0492. The van der Waals surface area contributed by atoms with Gasteiger partial charge in [0, 0.05) is 12.0 Å². The maximum Gasteiger partial charge on any atom is 0.226 e. The van der Waals surface area contributed by atoms with Crippen LogP contribution in [0.25, 0.3) is 0 Å². The van der Waals surface area contributed by atoms with Crippen molar-refractivity contribution in [2.75, 3.05) is 5.32 Å².